The number of carbonyl (C=O) groups is 2. The molecule has 2 aliphatic rings. The highest BCUT2D eigenvalue weighted by molar-refractivity contribution is 6.20. The normalized spacial score (nSPS) is 17.8. The van der Waals surface area contributed by atoms with Crippen LogP contribution in [0.3, 0.4) is 0 Å². The fourth-order valence-corrected chi connectivity index (χ4v) is 4.35. The number of urea groups is 1. The van der Waals surface area contributed by atoms with Crippen molar-refractivity contribution in [1.82, 2.24) is 14.4 Å². The standard InChI is InChI=1S/C23H24N5O3/c1-14-8-5-6-9-17(14)12-27-21(29)19-20(25(4)23(27)30)24-22-26(13-18-10-7-11-31-18)15(2)16(3)28(19)22/h5-11,19H,12-13H2,1-4H3/q+1. The van der Waals surface area contributed by atoms with Crippen molar-refractivity contribution in [1.29, 1.82) is 0 Å². The van der Waals surface area contributed by atoms with Gasteiger partial charge < -0.3 is 4.42 Å². The molecule has 3 aromatic rings. The van der Waals surface area contributed by atoms with Gasteiger partial charge in [0.1, 0.15) is 23.7 Å². The van der Waals surface area contributed by atoms with E-state index < -0.39 is 6.04 Å². The van der Waals surface area contributed by atoms with Crippen molar-refractivity contribution < 1.29 is 18.6 Å². The van der Waals surface area contributed by atoms with Crippen molar-refractivity contribution in [3.8, 4) is 0 Å². The first-order valence-corrected chi connectivity index (χ1v) is 10.2. The quantitative estimate of drug-likeness (QED) is 0.612. The Morgan fingerprint density at radius 3 is 2.58 bits per heavy atom. The average Bonchev–Trinajstić information content (AvgIpc) is 3.46. The average molecular weight is 418 g/mol. The smallest absolute Gasteiger partial charge is 0.402 e. The largest absolute Gasteiger partial charge is 0.466 e. The number of aliphatic imine (C=N–C) groups is 1. The van der Waals surface area contributed by atoms with Gasteiger partial charge in [-0.2, -0.15) is 0 Å². The maximum absolute atomic E-state index is 13.6. The topological polar surface area (TPSA) is 74.9 Å². The van der Waals surface area contributed by atoms with Crippen molar-refractivity contribution in [2.24, 2.45) is 4.99 Å². The van der Waals surface area contributed by atoms with Gasteiger partial charge in [-0.15, -0.1) is 0 Å². The highest BCUT2D eigenvalue weighted by atomic mass is 16.3. The van der Waals surface area contributed by atoms with E-state index in [1.54, 1.807) is 13.3 Å². The van der Waals surface area contributed by atoms with Crippen LogP contribution in [0, 0.1) is 20.8 Å². The van der Waals surface area contributed by atoms with E-state index in [9.17, 15) is 9.59 Å². The summed E-state index contributed by atoms with van der Waals surface area (Å²) < 4.78 is 9.47. The first-order valence-electron chi connectivity index (χ1n) is 10.2. The summed E-state index contributed by atoms with van der Waals surface area (Å²) in [6.45, 7) is 6.71. The predicted molar refractivity (Wildman–Crippen MR) is 113 cm³/mol. The fourth-order valence-electron chi connectivity index (χ4n) is 4.35. The number of imide groups is 1. The molecule has 0 aliphatic carbocycles. The van der Waals surface area contributed by atoms with Crippen LogP contribution in [-0.4, -0.2) is 39.2 Å². The van der Waals surface area contributed by atoms with Crippen LogP contribution < -0.4 is 4.57 Å². The molecule has 4 heterocycles. The molecule has 1 saturated heterocycles. The molecule has 8 nitrogen and oxygen atoms in total. The Kier molecular flexibility index (Phi) is 4.32. The van der Waals surface area contributed by atoms with Gasteiger partial charge in [0.05, 0.1) is 12.8 Å². The number of fused-ring (bicyclic) bond motifs is 3. The van der Waals surface area contributed by atoms with Gasteiger partial charge in [0.15, 0.2) is 0 Å². The summed E-state index contributed by atoms with van der Waals surface area (Å²) in [6.07, 6.45) is 1.64. The Labute approximate surface area is 180 Å². The highest BCUT2D eigenvalue weighted by Gasteiger charge is 2.54. The number of imidazole rings is 1. The Bertz CT molecular complexity index is 1240. The van der Waals surface area contributed by atoms with Gasteiger partial charge in [0.25, 0.3) is 5.91 Å². The molecule has 8 heteroatoms. The number of furan rings is 1. The molecule has 0 radical (unpaired) electrons. The summed E-state index contributed by atoms with van der Waals surface area (Å²) in [6, 6.07) is 10.5. The lowest BCUT2D eigenvalue weighted by atomic mass is 10.1. The first-order chi connectivity index (χ1) is 14.9. The Hall–Kier alpha value is -3.68. The summed E-state index contributed by atoms with van der Waals surface area (Å²) >= 11 is 0. The van der Waals surface area contributed by atoms with Crippen molar-refractivity contribution in [2.45, 2.75) is 39.9 Å². The van der Waals surface area contributed by atoms with Crippen molar-refractivity contribution in [2.75, 3.05) is 7.05 Å². The number of hydrogen-bond donors (Lipinski definition) is 0. The third kappa shape index (κ3) is 2.82. The van der Waals surface area contributed by atoms with Crippen LogP contribution in [0.5, 0.6) is 0 Å². The molecule has 0 spiro atoms. The van der Waals surface area contributed by atoms with Crippen molar-refractivity contribution >= 4 is 23.7 Å². The van der Waals surface area contributed by atoms with Gasteiger partial charge in [-0.1, -0.05) is 29.3 Å². The number of rotatable bonds is 4. The second kappa shape index (κ2) is 6.94. The van der Waals surface area contributed by atoms with Crippen LogP contribution in [0.2, 0.25) is 0 Å². The number of benzene rings is 1. The van der Waals surface area contributed by atoms with Crippen LogP contribution in [0.1, 0.15) is 34.3 Å². The lowest BCUT2D eigenvalue weighted by Gasteiger charge is -2.33. The van der Waals surface area contributed by atoms with Gasteiger partial charge in [-0.25, -0.2) is 13.9 Å². The number of hydrogen-bond acceptors (Lipinski definition) is 4. The van der Waals surface area contributed by atoms with Crippen LogP contribution in [0.15, 0.2) is 52.1 Å². The minimum atomic E-state index is -0.654. The molecular formula is C23H24N5O3+. The van der Waals surface area contributed by atoms with Crippen LogP contribution in [-0.2, 0) is 17.9 Å². The monoisotopic (exact) mass is 418 g/mol. The van der Waals surface area contributed by atoms with Gasteiger partial charge >= 0.3 is 12.0 Å². The second-order valence-corrected chi connectivity index (χ2v) is 8.07. The minimum Gasteiger partial charge on any atom is -0.466 e. The first kappa shape index (κ1) is 19.3. The molecule has 158 valence electrons. The van der Waals surface area contributed by atoms with Crippen LogP contribution >= 0.6 is 0 Å². The van der Waals surface area contributed by atoms with E-state index in [0.29, 0.717) is 18.3 Å². The summed E-state index contributed by atoms with van der Waals surface area (Å²) in [5, 5.41) is 0. The van der Waals surface area contributed by atoms with E-state index in [4.69, 9.17) is 9.41 Å². The molecule has 2 aliphatic heterocycles. The second-order valence-electron chi connectivity index (χ2n) is 8.07. The van der Waals surface area contributed by atoms with E-state index in [1.807, 2.05) is 66.3 Å². The number of carbonyl (C=O) groups excluding carboxylic acids is 2. The molecular weight excluding hydrogens is 394 g/mol. The summed E-state index contributed by atoms with van der Waals surface area (Å²) in [5.41, 5.74) is 3.94. The van der Waals surface area contributed by atoms with Gasteiger partial charge in [-0.05, 0) is 44.0 Å². The SMILES string of the molecule is Cc1ccccc1CN1C(=O)C2C(=Nc3n2c(C)c(C)[n+]3Cc2ccco2)N(C)C1=O. The summed E-state index contributed by atoms with van der Waals surface area (Å²) in [5.74, 6) is 1.65. The maximum atomic E-state index is 13.6. The van der Waals surface area contributed by atoms with Crippen LogP contribution in [0.25, 0.3) is 0 Å². The highest BCUT2D eigenvalue weighted by Crippen LogP contribution is 2.36. The maximum Gasteiger partial charge on any atom is 0.402 e. The zero-order valence-electron chi connectivity index (χ0n) is 18.0. The molecule has 5 rings (SSSR count). The molecule has 31 heavy (non-hydrogen) atoms. The number of amides is 3. The number of aromatic nitrogens is 2. The third-order valence-electron chi connectivity index (χ3n) is 6.31. The third-order valence-corrected chi connectivity index (χ3v) is 6.31. The number of aryl methyl sites for hydroxylation is 1. The number of amidine groups is 1. The number of nitrogens with zero attached hydrogens (tertiary/aromatic N) is 5. The van der Waals surface area contributed by atoms with E-state index in [2.05, 4.69) is 0 Å². The minimum absolute atomic E-state index is 0.236. The molecule has 1 fully saturated rings. The van der Waals surface area contributed by atoms with Crippen molar-refractivity contribution in [3.63, 3.8) is 0 Å². The van der Waals surface area contributed by atoms with Crippen molar-refractivity contribution in [3.05, 3.63) is 70.9 Å². The van der Waals surface area contributed by atoms with E-state index >= 15 is 0 Å². The molecule has 2 aromatic heterocycles. The van der Waals surface area contributed by atoms with Gasteiger partial charge in [-0.3, -0.25) is 14.6 Å². The fraction of sp³-hybridized carbons (Fsp3) is 0.304. The molecule has 1 atom stereocenters. The molecule has 1 aromatic carbocycles. The van der Waals surface area contributed by atoms with Gasteiger partial charge in [0.2, 0.25) is 11.9 Å². The molecule has 0 saturated carbocycles. The van der Waals surface area contributed by atoms with Crippen LogP contribution in [0.4, 0.5) is 10.7 Å². The summed E-state index contributed by atoms with van der Waals surface area (Å²) in [7, 11) is 1.68. The van der Waals surface area contributed by atoms with E-state index in [-0.39, 0.29) is 18.5 Å². The summed E-state index contributed by atoms with van der Waals surface area (Å²) in [4.78, 5) is 34.2. The lowest BCUT2D eigenvalue weighted by molar-refractivity contribution is -0.682. The lowest BCUT2D eigenvalue weighted by Crippen LogP contribution is -2.57. The van der Waals surface area contributed by atoms with E-state index in [1.165, 1.54) is 9.80 Å². The molecule has 1 unspecified atom stereocenters. The predicted octanol–water partition coefficient (Wildman–Crippen LogP) is 3.02. The molecule has 0 bridgehead atoms. The zero-order valence-corrected chi connectivity index (χ0v) is 18.0. The van der Waals surface area contributed by atoms with Gasteiger partial charge in [0, 0.05) is 7.05 Å². The molecule has 3 amide bonds. The zero-order chi connectivity index (χ0) is 21.9. The number of likely N-dealkylation sites (N-methyl/N-ethyl adjacent to an activating group) is 1. The van der Waals surface area contributed by atoms with E-state index in [0.717, 1.165) is 28.3 Å². The Morgan fingerprint density at radius 2 is 1.87 bits per heavy atom. The Balaban J connectivity index is 1.56. The molecule has 0 N–H and O–H groups in total. The Morgan fingerprint density at radius 1 is 1.10 bits per heavy atom.